The van der Waals surface area contributed by atoms with Crippen LogP contribution in [0.3, 0.4) is 0 Å². The summed E-state index contributed by atoms with van der Waals surface area (Å²) in [6, 6.07) is 0.593. The molecule has 0 aliphatic carbocycles. The van der Waals surface area contributed by atoms with Crippen LogP contribution in [0, 0.1) is 23.3 Å². The van der Waals surface area contributed by atoms with E-state index in [1.165, 1.54) is 0 Å². The SMILES string of the molecule is CCO[SiH](OCC)c1cc(F)c(F)c(F)c1F. The molecule has 0 amide bonds. The third-order valence-electron chi connectivity index (χ3n) is 2.02. The molecule has 1 aromatic carbocycles. The summed E-state index contributed by atoms with van der Waals surface area (Å²) in [6.07, 6.45) is 0. The van der Waals surface area contributed by atoms with E-state index in [1.807, 2.05) is 0 Å². The Balaban J connectivity index is 3.18. The van der Waals surface area contributed by atoms with Gasteiger partial charge in [-0.2, -0.15) is 0 Å². The van der Waals surface area contributed by atoms with Gasteiger partial charge in [0.05, 0.1) is 0 Å². The van der Waals surface area contributed by atoms with Crippen molar-refractivity contribution < 1.29 is 26.4 Å². The van der Waals surface area contributed by atoms with Crippen LogP contribution < -0.4 is 5.19 Å². The van der Waals surface area contributed by atoms with Crippen LogP contribution in [0.5, 0.6) is 0 Å². The van der Waals surface area contributed by atoms with Gasteiger partial charge in [0.25, 0.3) is 0 Å². The van der Waals surface area contributed by atoms with Gasteiger partial charge in [-0.05, 0) is 19.9 Å². The topological polar surface area (TPSA) is 18.5 Å². The largest absolute Gasteiger partial charge is 0.394 e. The average molecular weight is 268 g/mol. The van der Waals surface area contributed by atoms with E-state index in [0.717, 1.165) is 0 Å². The molecule has 0 spiro atoms. The first kappa shape index (κ1) is 14.1. The van der Waals surface area contributed by atoms with E-state index in [9.17, 15) is 17.6 Å². The minimum Gasteiger partial charge on any atom is -0.394 e. The lowest BCUT2D eigenvalue weighted by Gasteiger charge is -2.16. The zero-order valence-corrected chi connectivity index (χ0v) is 10.6. The fourth-order valence-corrected chi connectivity index (χ4v) is 2.97. The maximum Gasteiger partial charge on any atom is 0.359 e. The Morgan fingerprint density at radius 2 is 1.47 bits per heavy atom. The average Bonchev–Trinajstić information content (AvgIpc) is 2.31. The highest BCUT2D eigenvalue weighted by Crippen LogP contribution is 2.13. The molecule has 0 atom stereocenters. The minimum absolute atomic E-state index is 0.219. The normalized spacial score (nSPS) is 11.2. The monoisotopic (exact) mass is 268 g/mol. The lowest BCUT2D eigenvalue weighted by atomic mass is 10.3. The Morgan fingerprint density at radius 1 is 0.941 bits per heavy atom. The second-order valence-corrected chi connectivity index (χ2v) is 5.08. The highest BCUT2D eigenvalue weighted by molar-refractivity contribution is 6.61. The third-order valence-corrected chi connectivity index (χ3v) is 4.22. The molecule has 0 unspecified atom stereocenters. The molecule has 0 saturated heterocycles. The molecule has 96 valence electrons. The van der Waals surface area contributed by atoms with Gasteiger partial charge in [0.2, 0.25) is 0 Å². The van der Waals surface area contributed by atoms with Crippen LogP contribution in [0.25, 0.3) is 0 Å². The molecule has 1 aromatic rings. The summed E-state index contributed by atoms with van der Waals surface area (Å²) in [6.45, 7) is 3.73. The molecule has 1 rings (SSSR count). The van der Waals surface area contributed by atoms with Crippen LogP contribution in [-0.2, 0) is 8.85 Å². The van der Waals surface area contributed by atoms with Crippen LogP contribution in [0.1, 0.15) is 13.8 Å². The summed E-state index contributed by atoms with van der Waals surface area (Å²) in [5, 5.41) is -0.356. The van der Waals surface area contributed by atoms with Crippen molar-refractivity contribution >= 4 is 14.5 Å². The van der Waals surface area contributed by atoms with E-state index in [2.05, 4.69) is 0 Å². The van der Waals surface area contributed by atoms with E-state index < -0.39 is 32.6 Å². The highest BCUT2D eigenvalue weighted by atomic mass is 28.3. The molecule has 7 heteroatoms. The second kappa shape index (κ2) is 6.13. The first-order valence-corrected chi connectivity index (χ1v) is 6.61. The van der Waals surface area contributed by atoms with Crippen molar-refractivity contribution in [2.45, 2.75) is 13.8 Å². The van der Waals surface area contributed by atoms with Gasteiger partial charge < -0.3 is 8.85 Å². The number of hydrogen-bond donors (Lipinski definition) is 0. The molecule has 0 bridgehead atoms. The lowest BCUT2D eigenvalue weighted by Crippen LogP contribution is -2.40. The summed E-state index contributed by atoms with van der Waals surface area (Å²) in [5.41, 5.74) is 0. The van der Waals surface area contributed by atoms with Gasteiger partial charge >= 0.3 is 9.28 Å². The Bertz CT molecular complexity index is 394. The first-order chi connectivity index (χ1) is 8.02. The van der Waals surface area contributed by atoms with Gasteiger partial charge in [-0.3, -0.25) is 0 Å². The maximum atomic E-state index is 13.4. The molecule has 2 nitrogen and oxygen atoms in total. The molecule has 0 N–H and O–H groups in total. The standard InChI is InChI=1S/C10H12F4O2Si/c1-3-15-17(16-4-2)7-5-6(11)8(12)10(14)9(7)13/h5,17H,3-4H2,1-2H3. The number of halogens is 4. The van der Waals surface area contributed by atoms with Crippen molar-refractivity contribution in [3.05, 3.63) is 29.3 Å². The van der Waals surface area contributed by atoms with Gasteiger partial charge in [-0.25, -0.2) is 17.6 Å². The van der Waals surface area contributed by atoms with Crippen LogP contribution >= 0.6 is 0 Å². The third kappa shape index (κ3) is 3.05. The van der Waals surface area contributed by atoms with Crippen molar-refractivity contribution in [3.8, 4) is 0 Å². The number of hydrogen-bond acceptors (Lipinski definition) is 2. The van der Waals surface area contributed by atoms with Crippen LogP contribution in [0.15, 0.2) is 6.07 Å². The predicted octanol–water partition coefficient (Wildman–Crippen LogP) is 1.74. The fourth-order valence-electron chi connectivity index (χ4n) is 1.29. The Labute approximate surface area is 98.0 Å². The Hall–Kier alpha value is -0.923. The van der Waals surface area contributed by atoms with Gasteiger partial charge in [0.15, 0.2) is 23.3 Å². The Morgan fingerprint density at radius 3 is 1.94 bits per heavy atom. The maximum absolute atomic E-state index is 13.4. The zero-order valence-electron chi connectivity index (χ0n) is 9.40. The van der Waals surface area contributed by atoms with Gasteiger partial charge in [0.1, 0.15) is 0 Å². The van der Waals surface area contributed by atoms with Gasteiger partial charge in [-0.15, -0.1) is 0 Å². The van der Waals surface area contributed by atoms with E-state index in [1.54, 1.807) is 13.8 Å². The highest BCUT2D eigenvalue weighted by Gasteiger charge is 2.27. The minimum atomic E-state index is -2.73. The molecule has 0 aliphatic rings. The van der Waals surface area contributed by atoms with E-state index in [4.69, 9.17) is 8.85 Å². The smallest absolute Gasteiger partial charge is 0.359 e. The van der Waals surface area contributed by atoms with Crippen molar-refractivity contribution in [2.75, 3.05) is 13.2 Å². The molecule has 0 saturated carbocycles. The first-order valence-electron chi connectivity index (χ1n) is 5.08. The Kier molecular flexibility index (Phi) is 5.10. The van der Waals surface area contributed by atoms with Crippen molar-refractivity contribution in [1.29, 1.82) is 0 Å². The second-order valence-electron chi connectivity index (χ2n) is 3.13. The molecule has 0 aromatic heterocycles. The van der Waals surface area contributed by atoms with E-state index in [-0.39, 0.29) is 18.4 Å². The van der Waals surface area contributed by atoms with Crippen LogP contribution in [0.4, 0.5) is 17.6 Å². The summed E-state index contributed by atoms with van der Waals surface area (Å²) in [7, 11) is -2.73. The van der Waals surface area contributed by atoms with Crippen molar-refractivity contribution in [2.24, 2.45) is 0 Å². The van der Waals surface area contributed by atoms with E-state index in [0.29, 0.717) is 6.07 Å². The number of rotatable bonds is 5. The lowest BCUT2D eigenvalue weighted by molar-refractivity contribution is 0.224. The summed E-state index contributed by atoms with van der Waals surface area (Å²) in [4.78, 5) is 0. The predicted molar refractivity (Wildman–Crippen MR) is 56.3 cm³/mol. The quantitative estimate of drug-likeness (QED) is 0.350. The van der Waals surface area contributed by atoms with Crippen molar-refractivity contribution in [3.63, 3.8) is 0 Å². The molecule has 0 heterocycles. The van der Waals surface area contributed by atoms with E-state index >= 15 is 0 Å². The fraction of sp³-hybridized carbons (Fsp3) is 0.400. The van der Waals surface area contributed by atoms with Crippen LogP contribution in [-0.4, -0.2) is 22.5 Å². The zero-order chi connectivity index (χ0) is 13.0. The van der Waals surface area contributed by atoms with Crippen LogP contribution in [0.2, 0.25) is 0 Å². The molecule has 0 radical (unpaired) electrons. The summed E-state index contributed by atoms with van der Waals surface area (Å²) >= 11 is 0. The molecular formula is C10H12F4O2Si. The molecule has 0 aliphatic heterocycles. The molecule has 0 fully saturated rings. The summed E-state index contributed by atoms with van der Waals surface area (Å²) in [5.74, 6) is -6.55. The number of benzene rings is 1. The van der Waals surface area contributed by atoms with Crippen molar-refractivity contribution in [1.82, 2.24) is 0 Å². The van der Waals surface area contributed by atoms with Gasteiger partial charge in [-0.1, -0.05) is 0 Å². The van der Waals surface area contributed by atoms with Gasteiger partial charge in [0, 0.05) is 18.4 Å². The summed E-state index contributed by atoms with van der Waals surface area (Å²) < 4.78 is 62.4. The molecular weight excluding hydrogens is 256 g/mol. The molecule has 17 heavy (non-hydrogen) atoms.